The van der Waals surface area contributed by atoms with Crippen molar-refractivity contribution in [3.63, 3.8) is 0 Å². The van der Waals surface area contributed by atoms with Crippen molar-refractivity contribution in [1.82, 2.24) is 5.32 Å². The number of ketones is 2. The summed E-state index contributed by atoms with van der Waals surface area (Å²) >= 11 is 0. The molecule has 0 aromatic rings. The lowest BCUT2D eigenvalue weighted by Gasteiger charge is -2.07. The highest BCUT2D eigenvalue weighted by molar-refractivity contribution is 6.41. The van der Waals surface area contributed by atoms with E-state index in [2.05, 4.69) is 5.32 Å². The van der Waals surface area contributed by atoms with E-state index in [0.29, 0.717) is 0 Å². The summed E-state index contributed by atoms with van der Waals surface area (Å²) in [5.41, 5.74) is 0. The van der Waals surface area contributed by atoms with Crippen molar-refractivity contribution in [2.45, 2.75) is 25.5 Å². The molecule has 1 aliphatic rings. The monoisotopic (exact) mass is 185 g/mol. The molecule has 1 saturated heterocycles. The van der Waals surface area contributed by atoms with Crippen molar-refractivity contribution in [2.75, 3.05) is 7.11 Å². The lowest BCUT2D eigenvalue weighted by molar-refractivity contribution is -0.142. The Kier molecular flexibility index (Phi) is 2.77. The Hall–Kier alpha value is -1.23. The first-order chi connectivity index (χ1) is 6.06. The van der Waals surface area contributed by atoms with E-state index in [1.807, 2.05) is 0 Å². The van der Waals surface area contributed by atoms with Gasteiger partial charge in [0.2, 0.25) is 17.5 Å². The molecule has 1 heterocycles. The molecule has 2 atom stereocenters. The molecule has 1 aliphatic heterocycles. The van der Waals surface area contributed by atoms with Gasteiger partial charge in [0.05, 0.1) is 12.5 Å². The second-order valence-electron chi connectivity index (χ2n) is 2.95. The number of hydrogen-bond acceptors (Lipinski definition) is 4. The zero-order chi connectivity index (χ0) is 10.0. The number of rotatable bonds is 1. The first-order valence-electron chi connectivity index (χ1n) is 3.96. The van der Waals surface area contributed by atoms with E-state index in [4.69, 9.17) is 4.74 Å². The predicted octanol–water partition coefficient (Wildman–Crippen LogP) is -0.952. The third-order valence-electron chi connectivity index (χ3n) is 1.96. The molecule has 1 N–H and O–H groups in total. The molecule has 0 radical (unpaired) electrons. The SMILES string of the molecule is COC1CC(=O)N[C@@H](C)C(=O)C1=O. The molecule has 5 heteroatoms. The van der Waals surface area contributed by atoms with Crippen molar-refractivity contribution in [1.29, 1.82) is 0 Å². The van der Waals surface area contributed by atoms with Crippen LogP contribution >= 0.6 is 0 Å². The number of hydrogen-bond donors (Lipinski definition) is 1. The summed E-state index contributed by atoms with van der Waals surface area (Å²) in [4.78, 5) is 33.5. The highest BCUT2D eigenvalue weighted by atomic mass is 16.5. The molecule has 1 amide bonds. The second-order valence-corrected chi connectivity index (χ2v) is 2.95. The standard InChI is InChI=1S/C8H11NO4/c1-4-7(11)8(12)5(13-2)3-6(10)9-4/h4-5H,3H2,1-2H3,(H,9,10)/t4-,5?/m0/s1. The van der Waals surface area contributed by atoms with Crippen molar-refractivity contribution in [2.24, 2.45) is 0 Å². The third kappa shape index (κ3) is 1.92. The smallest absolute Gasteiger partial charge is 0.229 e. The van der Waals surface area contributed by atoms with Crippen molar-refractivity contribution in [3.8, 4) is 0 Å². The van der Waals surface area contributed by atoms with E-state index in [1.165, 1.54) is 14.0 Å². The number of nitrogens with one attached hydrogen (secondary N) is 1. The van der Waals surface area contributed by atoms with Crippen LogP contribution in [-0.4, -0.2) is 36.7 Å². The Morgan fingerprint density at radius 3 is 2.46 bits per heavy atom. The Labute approximate surface area is 75.4 Å². The molecule has 0 aromatic carbocycles. The highest BCUT2D eigenvalue weighted by Crippen LogP contribution is 2.06. The first kappa shape index (κ1) is 9.85. The minimum absolute atomic E-state index is 0.0780. The van der Waals surface area contributed by atoms with Crippen LogP contribution in [0.1, 0.15) is 13.3 Å². The van der Waals surface area contributed by atoms with E-state index in [1.54, 1.807) is 0 Å². The predicted molar refractivity (Wildman–Crippen MR) is 43.0 cm³/mol. The lowest BCUT2D eigenvalue weighted by Crippen LogP contribution is -2.38. The van der Waals surface area contributed by atoms with Crippen LogP contribution in [0, 0.1) is 0 Å². The van der Waals surface area contributed by atoms with Crippen LogP contribution in [0.4, 0.5) is 0 Å². The number of methoxy groups -OCH3 is 1. The number of Topliss-reactive ketones (excluding diaryl/α,β-unsaturated/α-hetero) is 2. The summed E-state index contributed by atoms with van der Waals surface area (Å²) in [6, 6.07) is -0.736. The van der Waals surface area contributed by atoms with Crippen LogP contribution in [0.25, 0.3) is 0 Å². The van der Waals surface area contributed by atoms with Gasteiger partial charge in [-0.3, -0.25) is 14.4 Å². The molecule has 0 bridgehead atoms. The summed E-state index contributed by atoms with van der Waals surface area (Å²) in [5.74, 6) is -1.57. The molecular weight excluding hydrogens is 174 g/mol. The summed E-state index contributed by atoms with van der Waals surface area (Å²) in [5, 5.41) is 2.40. The van der Waals surface area contributed by atoms with Gasteiger partial charge >= 0.3 is 0 Å². The van der Waals surface area contributed by atoms with E-state index in [-0.39, 0.29) is 12.3 Å². The fraction of sp³-hybridized carbons (Fsp3) is 0.625. The Balaban J connectivity index is 2.88. The molecule has 1 fully saturated rings. The quantitative estimate of drug-likeness (QED) is 0.534. The highest BCUT2D eigenvalue weighted by Gasteiger charge is 2.34. The van der Waals surface area contributed by atoms with Gasteiger partial charge in [0, 0.05) is 7.11 Å². The maximum atomic E-state index is 11.3. The lowest BCUT2D eigenvalue weighted by atomic mass is 10.1. The molecule has 13 heavy (non-hydrogen) atoms. The van der Waals surface area contributed by atoms with Crippen LogP contribution in [-0.2, 0) is 19.1 Å². The first-order valence-corrected chi connectivity index (χ1v) is 3.96. The molecule has 1 unspecified atom stereocenters. The number of carbonyl (C=O) groups excluding carboxylic acids is 3. The van der Waals surface area contributed by atoms with Crippen molar-refractivity contribution >= 4 is 17.5 Å². The third-order valence-corrected chi connectivity index (χ3v) is 1.96. The van der Waals surface area contributed by atoms with Gasteiger partial charge in [-0.1, -0.05) is 0 Å². The van der Waals surface area contributed by atoms with Gasteiger partial charge in [-0.05, 0) is 6.92 Å². The van der Waals surface area contributed by atoms with Crippen LogP contribution in [0.5, 0.6) is 0 Å². The van der Waals surface area contributed by atoms with Crippen LogP contribution in [0.15, 0.2) is 0 Å². The van der Waals surface area contributed by atoms with Gasteiger partial charge in [0.25, 0.3) is 0 Å². The molecule has 0 aliphatic carbocycles. The van der Waals surface area contributed by atoms with Gasteiger partial charge in [-0.15, -0.1) is 0 Å². The Morgan fingerprint density at radius 2 is 1.92 bits per heavy atom. The minimum atomic E-state index is -0.919. The van der Waals surface area contributed by atoms with Crippen molar-refractivity contribution in [3.05, 3.63) is 0 Å². The van der Waals surface area contributed by atoms with Crippen LogP contribution in [0.3, 0.4) is 0 Å². The van der Waals surface area contributed by atoms with E-state index >= 15 is 0 Å². The van der Waals surface area contributed by atoms with E-state index in [9.17, 15) is 14.4 Å². The number of carbonyl (C=O) groups is 3. The van der Waals surface area contributed by atoms with Crippen LogP contribution < -0.4 is 5.32 Å². The Morgan fingerprint density at radius 1 is 1.31 bits per heavy atom. The molecule has 0 spiro atoms. The second kappa shape index (κ2) is 3.66. The molecule has 72 valence electrons. The largest absolute Gasteiger partial charge is 0.373 e. The minimum Gasteiger partial charge on any atom is -0.373 e. The summed E-state index contributed by atoms with van der Waals surface area (Å²) in [6.07, 6.45) is -0.997. The molecule has 1 rings (SSSR count). The van der Waals surface area contributed by atoms with Gasteiger partial charge in [0.15, 0.2) is 0 Å². The van der Waals surface area contributed by atoms with Gasteiger partial charge < -0.3 is 10.1 Å². The summed E-state index contributed by atoms with van der Waals surface area (Å²) in [7, 11) is 1.30. The average Bonchev–Trinajstić information content (AvgIpc) is 2.18. The maximum absolute atomic E-state index is 11.3. The Bertz CT molecular complexity index is 261. The fourth-order valence-corrected chi connectivity index (χ4v) is 1.19. The number of amides is 1. The average molecular weight is 185 g/mol. The van der Waals surface area contributed by atoms with E-state index in [0.717, 1.165) is 0 Å². The zero-order valence-electron chi connectivity index (χ0n) is 7.49. The molecule has 0 saturated carbocycles. The maximum Gasteiger partial charge on any atom is 0.229 e. The summed E-state index contributed by atoms with van der Waals surface area (Å²) < 4.78 is 4.74. The van der Waals surface area contributed by atoms with Crippen molar-refractivity contribution < 1.29 is 19.1 Å². The molecule has 0 aromatic heterocycles. The number of ether oxygens (including phenoxy) is 1. The normalized spacial score (nSPS) is 29.8. The van der Waals surface area contributed by atoms with Crippen LogP contribution in [0.2, 0.25) is 0 Å². The topological polar surface area (TPSA) is 72.5 Å². The van der Waals surface area contributed by atoms with E-state index < -0.39 is 23.7 Å². The summed E-state index contributed by atoms with van der Waals surface area (Å²) in [6.45, 7) is 1.48. The van der Waals surface area contributed by atoms with Gasteiger partial charge in [0.1, 0.15) is 6.10 Å². The van der Waals surface area contributed by atoms with Gasteiger partial charge in [-0.25, -0.2) is 0 Å². The van der Waals surface area contributed by atoms with Gasteiger partial charge in [-0.2, -0.15) is 0 Å². The molecular formula is C8H11NO4. The zero-order valence-corrected chi connectivity index (χ0v) is 7.49. The fourth-order valence-electron chi connectivity index (χ4n) is 1.19. The molecule has 5 nitrogen and oxygen atoms in total.